The molecule has 0 saturated carbocycles. The first-order chi connectivity index (χ1) is 9.27. The van der Waals surface area contributed by atoms with Gasteiger partial charge in [-0.3, -0.25) is 0 Å². The first-order valence-electron chi connectivity index (χ1n) is 6.52. The molecule has 0 N–H and O–H groups in total. The lowest BCUT2D eigenvalue weighted by atomic mass is 9.96. The second-order valence-electron chi connectivity index (χ2n) is 4.94. The van der Waals surface area contributed by atoms with Crippen LogP contribution in [0, 0.1) is 0 Å². The Morgan fingerprint density at radius 3 is 2.11 bits per heavy atom. The smallest absolute Gasteiger partial charge is 0.0447 e. The summed E-state index contributed by atoms with van der Waals surface area (Å²) in [5.41, 5.74) is 3.83. The Labute approximate surface area is 114 Å². The van der Waals surface area contributed by atoms with Gasteiger partial charge < -0.3 is 4.90 Å². The van der Waals surface area contributed by atoms with Crippen molar-refractivity contribution < 1.29 is 0 Å². The maximum Gasteiger partial charge on any atom is 0.0447 e. The first kappa shape index (κ1) is 11.8. The van der Waals surface area contributed by atoms with Crippen LogP contribution in [-0.2, 0) is 0 Å². The molecule has 3 aromatic rings. The van der Waals surface area contributed by atoms with Crippen LogP contribution in [0.2, 0.25) is 0 Å². The van der Waals surface area contributed by atoms with E-state index in [4.69, 9.17) is 0 Å². The second-order valence-corrected chi connectivity index (χ2v) is 4.94. The van der Waals surface area contributed by atoms with Crippen LogP contribution in [0.1, 0.15) is 0 Å². The fourth-order valence-corrected chi connectivity index (χ4v) is 2.54. The summed E-state index contributed by atoms with van der Waals surface area (Å²) in [6, 6.07) is 23.6. The summed E-state index contributed by atoms with van der Waals surface area (Å²) in [6.45, 7) is 0. The van der Waals surface area contributed by atoms with E-state index in [0.717, 1.165) is 0 Å². The van der Waals surface area contributed by atoms with Crippen molar-refractivity contribution in [3.63, 3.8) is 0 Å². The third kappa shape index (κ3) is 2.08. The van der Waals surface area contributed by atoms with Crippen molar-refractivity contribution in [2.24, 2.45) is 0 Å². The van der Waals surface area contributed by atoms with Crippen LogP contribution in [0.25, 0.3) is 21.9 Å². The van der Waals surface area contributed by atoms with E-state index < -0.39 is 0 Å². The molecule has 0 bridgehead atoms. The standard InChI is InChI=1S/C18H17N/c1-19(2)17-13-12-14-8-6-7-11-16(14)18(17)15-9-4-3-5-10-15/h3-13H,1-2H3. The van der Waals surface area contributed by atoms with E-state index in [9.17, 15) is 0 Å². The van der Waals surface area contributed by atoms with Crippen LogP contribution >= 0.6 is 0 Å². The van der Waals surface area contributed by atoms with Gasteiger partial charge in [0.2, 0.25) is 0 Å². The molecule has 1 heteroatoms. The second kappa shape index (κ2) is 4.77. The van der Waals surface area contributed by atoms with Gasteiger partial charge in [0.15, 0.2) is 0 Å². The molecule has 19 heavy (non-hydrogen) atoms. The number of fused-ring (bicyclic) bond motifs is 1. The third-order valence-electron chi connectivity index (χ3n) is 3.45. The molecule has 3 aromatic carbocycles. The zero-order valence-corrected chi connectivity index (χ0v) is 11.3. The lowest BCUT2D eigenvalue weighted by Gasteiger charge is -2.19. The molecule has 1 nitrogen and oxygen atoms in total. The Morgan fingerprint density at radius 2 is 1.37 bits per heavy atom. The number of hydrogen-bond acceptors (Lipinski definition) is 1. The highest BCUT2D eigenvalue weighted by molar-refractivity contribution is 6.02. The van der Waals surface area contributed by atoms with Gasteiger partial charge in [-0.25, -0.2) is 0 Å². The van der Waals surface area contributed by atoms with E-state index in [1.807, 2.05) is 0 Å². The number of hydrogen-bond donors (Lipinski definition) is 0. The van der Waals surface area contributed by atoms with E-state index in [1.54, 1.807) is 0 Å². The van der Waals surface area contributed by atoms with Gasteiger partial charge in [-0.2, -0.15) is 0 Å². The summed E-state index contributed by atoms with van der Waals surface area (Å²) in [6.07, 6.45) is 0. The summed E-state index contributed by atoms with van der Waals surface area (Å²) in [5.74, 6) is 0. The largest absolute Gasteiger partial charge is 0.377 e. The van der Waals surface area contributed by atoms with Gasteiger partial charge in [0.1, 0.15) is 0 Å². The van der Waals surface area contributed by atoms with Crippen molar-refractivity contribution in [1.82, 2.24) is 0 Å². The zero-order valence-electron chi connectivity index (χ0n) is 11.3. The van der Waals surface area contributed by atoms with Crippen LogP contribution in [-0.4, -0.2) is 14.1 Å². The Kier molecular flexibility index (Phi) is 2.96. The molecule has 0 heterocycles. The summed E-state index contributed by atoms with van der Waals surface area (Å²) >= 11 is 0. The number of anilines is 1. The Balaban J connectivity index is 2.39. The molecule has 0 fully saturated rings. The summed E-state index contributed by atoms with van der Waals surface area (Å²) < 4.78 is 0. The van der Waals surface area contributed by atoms with Crippen LogP contribution in [0.5, 0.6) is 0 Å². The average Bonchev–Trinajstić information content (AvgIpc) is 2.46. The van der Waals surface area contributed by atoms with Gasteiger partial charge >= 0.3 is 0 Å². The van der Waals surface area contributed by atoms with Gasteiger partial charge in [-0.05, 0) is 22.4 Å². The number of nitrogens with zero attached hydrogens (tertiary/aromatic N) is 1. The Bertz CT molecular complexity index is 699. The monoisotopic (exact) mass is 247 g/mol. The molecule has 0 unspecified atom stereocenters. The Morgan fingerprint density at radius 1 is 0.684 bits per heavy atom. The quantitative estimate of drug-likeness (QED) is 0.641. The minimum absolute atomic E-state index is 1.25. The highest BCUT2D eigenvalue weighted by atomic mass is 15.1. The predicted molar refractivity (Wildman–Crippen MR) is 83.7 cm³/mol. The van der Waals surface area contributed by atoms with E-state index in [1.165, 1.54) is 27.6 Å². The molecule has 0 aromatic heterocycles. The van der Waals surface area contributed by atoms with E-state index in [-0.39, 0.29) is 0 Å². The zero-order chi connectivity index (χ0) is 13.2. The molecule has 0 aliphatic heterocycles. The van der Waals surface area contributed by atoms with E-state index in [0.29, 0.717) is 0 Å². The summed E-state index contributed by atoms with van der Waals surface area (Å²) in [4.78, 5) is 2.18. The minimum Gasteiger partial charge on any atom is -0.377 e. The third-order valence-corrected chi connectivity index (χ3v) is 3.45. The molecule has 0 saturated heterocycles. The average molecular weight is 247 g/mol. The molecule has 94 valence electrons. The minimum atomic E-state index is 1.25. The van der Waals surface area contributed by atoms with Crippen molar-refractivity contribution in [2.45, 2.75) is 0 Å². The fourth-order valence-electron chi connectivity index (χ4n) is 2.54. The molecule has 0 aliphatic carbocycles. The van der Waals surface area contributed by atoms with Crippen molar-refractivity contribution in [1.29, 1.82) is 0 Å². The molecule has 0 radical (unpaired) electrons. The van der Waals surface area contributed by atoms with Crippen LogP contribution in [0.15, 0.2) is 66.7 Å². The highest BCUT2D eigenvalue weighted by Crippen LogP contribution is 2.36. The summed E-state index contributed by atoms with van der Waals surface area (Å²) in [5, 5.41) is 2.59. The van der Waals surface area contributed by atoms with Crippen molar-refractivity contribution in [2.75, 3.05) is 19.0 Å². The van der Waals surface area contributed by atoms with Crippen LogP contribution in [0.3, 0.4) is 0 Å². The lowest BCUT2D eigenvalue weighted by molar-refractivity contribution is 1.14. The highest BCUT2D eigenvalue weighted by Gasteiger charge is 2.10. The SMILES string of the molecule is CN(C)c1ccc2ccccc2c1-c1ccccc1. The van der Waals surface area contributed by atoms with Gasteiger partial charge in [0.25, 0.3) is 0 Å². The van der Waals surface area contributed by atoms with Crippen molar-refractivity contribution in [3.05, 3.63) is 66.7 Å². The topological polar surface area (TPSA) is 3.24 Å². The lowest BCUT2D eigenvalue weighted by Crippen LogP contribution is -2.10. The molecule has 0 aliphatic rings. The maximum atomic E-state index is 2.20. The molecular weight excluding hydrogens is 230 g/mol. The fraction of sp³-hybridized carbons (Fsp3) is 0.111. The normalized spacial score (nSPS) is 10.6. The predicted octanol–water partition coefficient (Wildman–Crippen LogP) is 4.57. The molecular formula is C18H17N. The molecule has 0 amide bonds. The van der Waals surface area contributed by atoms with Crippen LogP contribution < -0.4 is 4.90 Å². The first-order valence-corrected chi connectivity index (χ1v) is 6.52. The van der Waals surface area contributed by atoms with Crippen molar-refractivity contribution >= 4 is 16.5 Å². The molecule has 3 rings (SSSR count). The van der Waals surface area contributed by atoms with Crippen LogP contribution in [0.4, 0.5) is 5.69 Å². The maximum absolute atomic E-state index is 2.20. The van der Waals surface area contributed by atoms with Gasteiger partial charge in [-0.15, -0.1) is 0 Å². The van der Waals surface area contributed by atoms with Gasteiger partial charge in [0, 0.05) is 25.3 Å². The molecule has 0 atom stereocenters. The Hall–Kier alpha value is -2.28. The van der Waals surface area contributed by atoms with E-state index in [2.05, 4.69) is 85.7 Å². The summed E-state index contributed by atoms with van der Waals surface area (Å²) in [7, 11) is 4.19. The van der Waals surface area contributed by atoms with Crippen molar-refractivity contribution in [3.8, 4) is 11.1 Å². The number of rotatable bonds is 2. The van der Waals surface area contributed by atoms with Gasteiger partial charge in [0.05, 0.1) is 0 Å². The molecule has 0 spiro atoms. The number of benzene rings is 3. The van der Waals surface area contributed by atoms with Gasteiger partial charge in [-0.1, -0.05) is 60.7 Å². The van der Waals surface area contributed by atoms with E-state index >= 15 is 0 Å².